The summed E-state index contributed by atoms with van der Waals surface area (Å²) in [4.78, 5) is 25.9. The molecule has 9 rings (SSSR count). The molecule has 0 spiro atoms. The third-order valence-electron chi connectivity index (χ3n) is 17.1. The van der Waals surface area contributed by atoms with Crippen LogP contribution in [0.2, 0.25) is 0 Å². The molecule has 502 valence electrons. The fourth-order valence-corrected chi connectivity index (χ4v) is 11.5. The van der Waals surface area contributed by atoms with E-state index in [-0.39, 0.29) is 0 Å². The SMILES string of the molecule is CCCCCOc1ccc(-c2ccc(OC(=O)c3ccc(OCCCCCCCCCCOc4cc(-c5ccccc5)c(OCCCCCCCCCCOc5ccc(C(=O)Oc6ccc(-c7ccc(OCCCCC)cc7)cc6)cc5)cc4-c4ccccc4)cc3)cc2)cc1. The van der Waals surface area contributed by atoms with E-state index in [0.717, 1.165) is 156 Å². The molecule has 0 saturated carbocycles. The molecule has 0 fully saturated rings. The minimum atomic E-state index is -0.402. The summed E-state index contributed by atoms with van der Waals surface area (Å²) in [6.45, 7) is 8.44. The van der Waals surface area contributed by atoms with Crippen LogP contribution in [0.15, 0.2) is 218 Å². The molecule has 0 atom stereocenters. The summed E-state index contributed by atoms with van der Waals surface area (Å²) in [7, 11) is 0. The van der Waals surface area contributed by atoms with Gasteiger partial charge >= 0.3 is 11.9 Å². The second-order valence-electron chi connectivity index (χ2n) is 24.7. The van der Waals surface area contributed by atoms with E-state index in [1.165, 1.54) is 77.0 Å². The largest absolute Gasteiger partial charge is 0.494 e. The predicted molar refractivity (Wildman–Crippen MR) is 390 cm³/mol. The van der Waals surface area contributed by atoms with Crippen molar-refractivity contribution in [2.45, 2.75) is 155 Å². The smallest absolute Gasteiger partial charge is 0.343 e. The van der Waals surface area contributed by atoms with Gasteiger partial charge in [0.05, 0.1) is 50.8 Å². The fraction of sp³-hybridized carbons (Fsp3) is 0.349. The Morgan fingerprint density at radius 1 is 0.240 bits per heavy atom. The molecule has 0 N–H and O–H groups in total. The summed E-state index contributed by atoms with van der Waals surface area (Å²) in [5, 5.41) is 0. The Balaban J connectivity index is 0.606. The number of unbranched alkanes of at least 4 members (excludes halogenated alkanes) is 18. The molecular weight excluding hydrogens is 1190 g/mol. The highest BCUT2D eigenvalue weighted by Gasteiger charge is 2.17. The Labute approximate surface area is 571 Å². The predicted octanol–water partition coefficient (Wildman–Crippen LogP) is 23.1. The zero-order chi connectivity index (χ0) is 66.5. The molecule has 0 bridgehead atoms. The van der Waals surface area contributed by atoms with E-state index in [1.54, 1.807) is 24.3 Å². The average Bonchev–Trinajstić information content (AvgIpc) is 0.817. The summed E-state index contributed by atoms with van der Waals surface area (Å²) in [5.74, 6) is 5.21. The van der Waals surface area contributed by atoms with E-state index in [1.807, 2.05) is 97.1 Å². The molecule has 0 aliphatic rings. The van der Waals surface area contributed by atoms with Gasteiger partial charge in [-0.2, -0.15) is 0 Å². The van der Waals surface area contributed by atoms with E-state index in [2.05, 4.69) is 111 Å². The first-order chi connectivity index (χ1) is 47.4. The maximum atomic E-state index is 12.9. The van der Waals surface area contributed by atoms with Gasteiger partial charge in [-0.3, -0.25) is 0 Å². The lowest BCUT2D eigenvalue weighted by Gasteiger charge is -2.18. The monoisotopic (exact) mass is 1290 g/mol. The number of esters is 2. The number of hydrogen-bond acceptors (Lipinski definition) is 10. The minimum absolute atomic E-state index is 0.402. The lowest BCUT2D eigenvalue weighted by molar-refractivity contribution is 0.0725. The summed E-state index contributed by atoms with van der Waals surface area (Å²) < 4.78 is 48.4. The highest BCUT2D eigenvalue weighted by Crippen LogP contribution is 2.42. The Morgan fingerprint density at radius 2 is 0.479 bits per heavy atom. The Kier molecular flexibility index (Phi) is 30.2. The summed E-state index contributed by atoms with van der Waals surface area (Å²) in [6, 6.07) is 71.1. The first kappa shape index (κ1) is 71.0. The number of hydrogen-bond donors (Lipinski definition) is 0. The van der Waals surface area contributed by atoms with Crippen LogP contribution in [0, 0.1) is 0 Å². The molecule has 0 aliphatic heterocycles. The Hall–Kier alpha value is -9.28. The zero-order valence-corrected chi connectivity index (χ0v) is 56.7. The van der Waals surface area contributed by atoms with Crippen molar-refractivity contribution in [3.8, 4) is 90.5 Å². The van der Waals surface area contributed by atoms with Crippen LogP contribution in [0.5, 0.6) is 46.0 Å². The van der Waals surface area contributed by atoms with Crippen molar-refractivity contribution in [1.29, 1.82) is 0 Å². The van der Waals surface area contributed by atoms with Gasteiger partial charge in [-0.15, -0.1) is 0 Å². The molecule has 10 nitrogen and oxygen atoms in total. The average molecular weight is 1290 g/mol. The van der Waals surface area contributed by atoms with Crippen LogP contribution < -0.4 is 37.9 Å². The van der Waals surface area contributed by atoms with Crippen molar-refractivity contribution in [3.05, 3.63) is 230 Å². The fourth-order valence-electron chi connectivity index (χ4n) is 11.5. The van der Waals surface area contributed by atoms with Gasteiger partial charge in [0.1, 0.15) is 46.0 Å². The summed E-state index contributed by atoms with van der Waals surface area (Å²) >= 11 is 0. The number of carbonyl (C=O) groups excluding carboxylic acids is 2. The summed E-state index contributed by atoms with van der Waals surface area (Å²) in [5.41, 5.74) is 9.50. The Morgan fingerprint density at radius 3 is 0.760 bits per heavy atom. The van der Waals surface area contributed by atoms with Crippen molar-refractivity contribution in [3.63, 3.8) is 0 Å². The minimum Gasteiger partial charge on any atom is -0.494 e. The molecule has 0 heterocycles. The van der Waals surface area contributed by atoms with Crippen LogP contribution in [0.25, 0.3) is 44.5 Å². The molecule has 9 aromatic rings. The molecule has 9 aromatic carbocycles. The molecule has 0 amide bonds. The normalized spacial score (nSPS) is 11.0. The van der Waals surface area contributed by atoms with E-state index in [4.69, 9.17) is 37.9 Å². The number of carbonyl (C=O) groups is 2. The third kappa shape index (κ3) is 24.2. The van der Waals surface area contributed by atoms with Crippen molar-refractivity contribution in [1.82, 2.24) is 0 Å². The zero-order valence-electron chi connectivity index (χ0n) is 56.7. The van der Waals surface area contributed by atoms with E-state index < -0.39 is 11.9 Å². The van der Waals surface area contributed by atoms with Crippen molar-refractivity contribution in [2.24, 2.45) is 0 Å². The van der Waals surface area contributed by atoms with Gasteiger partial charge in [0.25, 0.3) is 0 Å². The van der Waals surface area contributed by atoms with Gasteiger partial charge < -0.3 is 37.9 Å². The van der Waals surface area contributed by atoms with Crippen LogP contribution in [0.4, 0.5) is 0 Å². The first-order valence-corrected chi connectivity index (χ1v) is 35.5. The van der Waals surface area contributed by atoms with Crippen LogP contribution in [-0.4, -0.2) is 51.6 Å². The molecule has 96 heavy (non-hydrogen) atoms. The van der Waals surface area contributed by atoms with Crippen molar-refractivity contribution in [2.75, 3.05) is 39.6 Å². The number of ether oxygens (including phenoxy) is 8. The molecule has 0 saturated heterocycles. The van der Waals surface area contributed by atoms with Crippen molar-refractivity contribution >= 4 is 11.9 Å². The van der Waals surface area contributed by atoms with Gasteiger partial charge in [0.15, 0.2) is 0 Å². The van der Waals surface area contributed by atoms with Gasteiger partial charge in [-0.1, -0.05) is 226 Å². The number of benzene rings is 9. The molecular formula is C86H98O10. The van der Waals surface area contributed by atoms with Crippen LogP contribution in [-0.2, 0) is 0 Å². The van der Waals surface area contributed by atoms with Crippen molar-refractivity contribution < 1.29 is 47.5 Å². The van der Waals surface area contributed by atoms with Gasteiger partial charge in [-0.25, -0.2) is 9.59 Å². The van der Waals surface area contributed by atoms with Gasteiger partial charge in [-0.05, 0) is 181 Å². The van der Waals surface area contributed by atoms with Crippen LogP contribution >= 0.6 is 0 Å². The maximum absolute atomic E-state index is 12.9. The lowest BCUT2D eigenvalue weighted by Crippen LogP contribution is -2.08. The molecule has 0 unspecified atom stereocenters. The van der Waals surface area contributed by atoms with Gasteiger partial charge in [0, 0.05) is 11.1 Å². The first-order valence-electron chi connectivity index (χ1n) is 35.5. The highest BCUT2D eigenvalue weighted by atomic mass is 16.5. The third-order valence-corrected chi connectivity index (χ3v) is 17.1. The lowest BCUT2D eigenvalue weighted by atomic mass is 9.98. The standard InChI is InChI=1S/C86H98O10/c1-3-5-25-59-89-75-47-35-67(36-48-75)69-39-55-79(56-40-69)95-85(87)73-43-51-77(52-44-73)91-61-27-15-11-7-9-13-17-29-63-93-83-65-82(72-33-23-20-24-34-72)84(66-81(83)71-31-21-19-22-32-71)94-64-30-18-14-10-8-12-16-28-62-92-78-53-45-74(46-54-78)86(88)96-80-57-41-70(42-58-80)68-37-49-76(50-38-68)90-60-26-6-4-2/h19-24,31-58,65-66H,3-18,25-30,59-64H2,1-2H3. The second kappa shape index (κ2) is 40.9. The van der Waals surface area contributed by atoms with Gasteiger partial charge in [0.2, 0.25) is 0 Å². The molecule has 0 radical (unpaired) electrons. The van der Waals surface area contributed by atoms with Crippen LogP contribution in [0.1, 0.15) is 176 Å². The van der Waals surface area contributed by atoms with E-state index >= 15 is 0 Å². The van der Waals surface area contributed by atoms with Crippen LogP contribution in [0.3, 0.4) is 0 Å². The Bertz CT molecular complexity index is 3380. The maximum Gasteiger partial charge on any atom is 0.343 e. The molecule has 10 heteroatoms. The second-order valence-corrected chi connectivity index (χ2v) is 24.7. The quantitative estimate of drug-likeness (QED) is 0.0208. The number of rotatable bonds is 44. The summed E-state index contributed by atoms with van der Waals surface area (Å²) in [6.07, 6.45) is 24.8. The molecule has 0 aromatic heterocycles. The van der Waals surface area contributed by atoms with E-state index in [0.29, 0.717) is 49.1 Å². The van der Waals surface area contributed by atoms with E-state index in [9.17, 15) is 9.59 Å². The topological polar surface area (TPSA) is 108 Å². The molecule has 0 aliphatic carbocycles. The highest BCUT2D eigenvalue weighted by molar-refractivity contribution is 5.92.